The number of nitrogens with zero attached hydrogens (tertiary/aromatic N) is 3. The van der Waals surface area contributed by atoms with Gasteiger partial charge in [-0.3, -0.25) is 15.2 Å². The highest BCUT2D eigenvalue weighted by atomic mass is 32.1. The summed E-state index contributed by atoms with van der Waals surface area (Å²) in [6.07, 6.45) is 6.57. The first-order valence-corrected chi connectivity index (χ1v) is 10.1. The van der Waals surface area contributed by atoms with Gasteiger partial charge in [0, 0.05) is 22.8 Å². The lowest BCUT2D eigenvalue weighted by atomic mass is 9.72. The van der Waals surface area contributed by atoms with Crippen molar-refractivity contribution in [1.82, 2.24) is 20.6 Å². The Morgan fingerprint density at radius 1 is 1.29 bits per heavy atom. The van der Waals surface area contributed by atoms with Gasteiger partial charge in [0.25, 0.3) is 5.91 Å². The Hall–Kier alpha value is -2.74. The zero-order chi connectivity index (χ0) is 19.7. The van der Waals surface area contributed by atoms with Crippen molar-refractivity contribution in [2.24, 2.45) is 11.3 Å². The number of carbonyl (C=O) groups is 1. The second kappa shape index (κ2) is 7.35. The van der Waals surface area contributed by atoms with Crippen molar-refractivity contribution in [1.29, 1.82) is 0 Å². The topological polar surface area (TPSA) is 92.9 Å². The van der Waals surface area contributed by atoms with Gasteiger partial charge in [0.15, 0.2) is 0 Å². The number of anilines is 1. The Morgan fingerprint density at radius 3 is 2.82 bits per heavy atom. The van der Waals surface area contributed by atoms with Crippen LogP contribution in [-0.4, -0.2) is 21.0 Å². The lowest BCUT2D eigenvalue weighted by Crippen LogP contribution is -2.28. The minimum absolute atomic E-state index is 0.134. The summed E-state index contributed by atoms with van der Waals surface area (Å²) in [4.78, 5) is 22.7. The smallest absolute Gasteiger partial charge is 0.313 e. The molecule has 0 aromatic carbocycles. The van der Waals surface area contributed by atoms with Crippen LogP contribution in [0, 0.1) is 11.3 Å². The van der Waals surface area contributed by atoms with Crippen LogP contribution in [0.5, 0.6) is 0 Å². The fourth-order valence-electron chi connectivity index (χ4n) is 3.44. The molecule has 1 unspecified atom stereocenters. The average Bonchev–Trinajstić information content (AvgIpc) is 3.32. The number of aryl methyl sites for hydroxylation is 1. The minimum atomic E-state index is -0.199. The van der Waals surface area contributed by atoms with Gasteiger partial charge in [0.1, 0.15) is 0 Å². The molecule has 1 amide bonds. The van der Waals surface area contributed by atoms with Gasteiger partial charge in [-0.15, -0.1) is 11.3 Å². The van der Waals surface area contributed by atoms with Crippen molar-refractivity contribution in [2.75, 3.05) is 5.43 Å². The Labute approximate surface area is 167 Å². The molecule has 3 aromatic rings. The predicted octanol–water partition coefficient (Wildman–Crippen LogP) is 4.10. The highest BCUT2D eigenvalue weighted by Crippen LogP contribution is 2.40. The summed E-state index contributed by atoms with van der Waals surface area (Å²) in [5.41, 5.74) is 7.72. The van der Waals surface area contributed by atoms with E-state index >= 15 is 0 Å². The molecule has 4 rings (SSSR count). The molecule has 3 aromatic heterocycles. The molecule has 1 aliphatic carbocycles. The van der Waals surface area contributed by atoms with Gasteiger partial charge in [-0.1, -0.05) is 25.9 Å². The maximum atomic E-state index is 12.5. The Bertz CT molecular complexity index is 974. The summed E-state index contributed by atoms with van der Waals surface area (Å²) in [5.74, 6) is 0.878. The fourth-order valence-corrected chi connectivity index (χ4v) is 4.54. The standard InChI is InChI=1S/C20H23N5O2S/c1-20(2,3)14-4-5-15-13(10-14)11-16(28-15)18(26)23-24-19-22-17(25-27-19)12-6-8-21-9-7-12/h6-9,11,14H,4-5,10H2,1-3H3,(H,23,26)(H,22,24,25). The van der Waals surface area contributed by atoms with Crippen LogP contribution in [0.25, 0.3) is 11.4 Å². The van der Waals surface area contributed by atoms with E-state index in [4.69, 9.17) is 4.52 Å². The molecule has 0 aliphatic heterocycles. The van der Waals surface area contributed by atoms with Gasteiger partial charge < -0.3 is 4.52 Å². The normalized spacial score (nSPS) is 16.5. The maximum Gasteiger partial charge on any atom is 0.340 e. The highest BCUT2D eigenvalue weighted by Gasteiger charge is 2.30. The van der Waals surface area contributed by atoms with Crippen LogP contribution in [0.1, 0.15) is 47.3 Å². The number of hydrogen-bond donors (Lipinski definition) is 2. The second-order valence-corrected chi connectivity index (χ2v) is 9.24. The van der Waals surface area contributed by atoms with E-state index in [0.29, 0.717) is 16.6 Å². The second-order valence-electron chi connectivity index (χ2n) is 8.10. The van der Waals surface area contributed by atoms with Crippen molar-refractivity contribution >= 4 is 23.3 Å². The van der Waals surface area contributed by atoms with Crippen molar-refractivity contribution in [2.45, 2.75) is 40.0 Å². The quantitative estimate of drug-likeness (QED) is 0.644. The number of aromatic nitrogens is 3. The molecule has 0 radical (unpaired) electrons. The third-order valence-corrected chi connectivity index (χ3v) is 6.41. The van der Waals surface area contributed by atoms with Crippen LogP contribution >= 0.6 is 11.3 Å². The number of rotatable bonds is 4. The van der Waals surface area contributed by atoms with Crippen molar-refractivity contribution < 1.29 is 9.32 Å². The molecule has 7 nitrogen and oxygen atoms in total. The summed E-state index contributed by atoms with van der Waals surface area (Å²) in [6, 6.07) is 5.72. The van der Waals surface area contributed by atoms with Crippen LogP contribution < -0.4 is 10.9 Å². The summed E-state index contributed by atoms with van der Waals surface area (Å²) in [5, 5.41) is 3.90. The van der Waals surface area contributed by atoms with Gasteiger partial charge in [-0.25, -0.2) is 5.43 Å². The van der Waals surface area contributed by atoms with Crippen LogP contribution in [0.4, 0.5) is 6.01 Å². The van der Waals surface area contributed by atoms with E-state index in [9.17, 15) is 4.79 Å². The van der Waals surface area contributed by atoms with Gasteiger partial charge in [0.2, 0.25) is 5.82 Å². The first-order chi connectivity index (χ1) is 13.4. The van der Waals surface area contributed by atoms with E-state index < -0.39 is 0 Å². The molecular weight excluding hydrogens is 374 g/mol. The zero-order valence-electron chi connectivity index (χ0n) is 16.2. The largest absolute Gasteiger partial charge is 0.340 e. The number of hydrazine groups is 1. The molecule has 0 bridgehead atoms. The van der Waals surface area contributed by atoms with Gasteiger partial charge in [-0.05, 0) is 54.4 Å². The van der Waals surface area contributed by atoms with E-state index in [1.807, 2.05) is 6.07 Å². The minimum Gasteiger partial charge on any atom is -0.313 e. The predicted molar refractivity (Wildman–Crippen MR) is 108 cm³/mol. The number of thiophene rings is 1. The lowest BCUT2D eigenvalue weighted by molar-refractivity contribution is 0.0965. The molecule has 0 fully saturated rings. The zero-order valence-corrected chi connectivity index (χ0v) is 17.0. The number of pyridine rings is 1. The van der Waals surface area contributed by atoms with E-state index in [2.05, 4.69) is 46.7 Å². The van der Waals surface area contributed by atoms with E-state index in [-0.39, 0.29) is 17.3 Å². The molecule has 8 heteroatoms. The summed E-state index contributed by atoms with van der Waals surface area (Å²) in [7, 11) is 0. The van der Waals surface area contributed by atoms with E-state index in [1.54, 1.807) is 35.9 Å². The fraction of sp³-hybridized carbons (Fsp3) is 0.400. The molecule has 1 aliphatic rings. The number of carbonyl (C=O) groups excluding carboxylic acids is 1. The molecule has 0 saturated heterocycles. The summed E-state index contributed by atoms with van der Waals surface area (Å²) < 4.78 is 5.13. The van der Waals surface area contributed by atoms with Crippen LogP contribution in [0.2, 0.25) is 0 Å². The Morgan fingerprint density at radius 2 is 2.07 bits per heavy atom. The van der Waals surface area contributed by atoms with Crippen LogP contribution in [-0.2, 0) is 12.8 Å². The first kappa shape index (κ1) is 18.6. The molecule has 3 heterocycles. The van der Waals surface area contributed by atoms with E-state index in [0.717, 1.165) is 18.4 Å². The van der Waals surface area contributed by atoms with E-state index in [1.165, 1.54) is 16.9 Å². The molecule has 2 N–H and O–H groups in total. The molecule has 0 saturated carbocycles. The van der Waals surface area contributed by atoms with Crippen molar-refractivity contribution in [3.8, 4) is 11.4 Å². The van der Waals surface area contributed by atoms with Gasteiger partial charge in [0.05, 0.1) is 4.88 Å². The van der Waals surface area contributed by atoms with Crippen LogP contribution in [0.15, 0.2) is 35.1 Å². The number of amides is 1. The third-order valence-electron chi connectivity index (χ3n) is 5.18. The monoisotopic (exact) mass is 397 g/mol. The average molecular weight is 398 g/mol. The summed E-state index contributed by atoms with van der Waals surface area (Å²) >= 11 is 1.57. The Balaban J connectivity index is 1.39. The number of nitrogens with one attached hydrogen (secondary N) is 2. The molecule has 146 valence electrons. The van der Waals surface area contributed by atoms with Crippen LogP contribution in [0.3, 0.4) is 0 Å². The Kier molecular flexibility index (Phi) is 4.89. The highest BCUT2D eigenvalue weighted by molar-refractivity contribution is 7.14. The first-order valence-electron chi connectivity index (χ1n) is 9.32. The lowest BCUT2D eigenvalue weighted by Gasteiger charge is -2.33. The van der Waals surface area contributed by atoms with Gasteiger partial charge >= 0.3 is 6.01 Å². The molecule has 0 spiro atoms. The van der Waals surface area contributed by atoms with Gasteiger partial charge in [-0.2, -0.15) is 4.98 Å². The molecular formula is C20H23N5O2S. The number of fused-ring (bicyclic) bond motifs is 1. The SMILES string of the molecule is CC(C)(C)C1CCc2sc(C(=O)NNc3nc(-c4ccncc4)no3)cc2C1. The number of hydrogen-bond acceptors (Lipinski definition) is 7. The van der Waals surface area contributed by atoms with Crippen molar-refractivity contribution in [3.05, 3.63) is 45.9 Å². The third kappa shape index (κ3) is 3.91. The molecule has 28 heavy (non-hydrogen) atoms. The van der Waals surface area contributed by atoms with Crippen molar-refractivity contribution in [3.63, 3.8) is 0 Å². The molecule has 1 atom stereocenters. The maximum absolute atomic E-state index is 12.5. The summed E-state index contributed by atoms with van der Waals surface area (Å²) in [6.45, 7) is 6.87.